The molecule has 0 fully saturated rings. The minimum atomic E-state index is -0.999. The van der Waals surface area contributed by atoms with Gasteiger partial charge >= 0.3 is 5.97 Å². The van der Waals surface area contributed by atoms with Crippen molar-refractivity contribution in [3.05, 3.63) is 92.2 Å². The van der Waals surface area contributed by atoms with Crippen LogP contribution in [0.3, 0.4) is 0 Å². The van der Waals surface area contributed by atoms with E-state index in [1.807, 2.05) is 36.4 Å². The van der Waals surface area contributed by atoms with E-state index in [2.05, 4.69) is 32.0 Å². The number of ether oxygens (including phenoxy) is 3. The predicted octanol–water partition coefficient (Wildman–Crippen LogP) is 7.02. The molecule has 0 saturated carbocycles. The van der Waals surface area contributed by atoms with Gasteiger partial charge in [0.15, 0.2) is 4.88 Å². The number of allylic oxidation sites excluding steroid dienone is 1. The van der Waals surface area contributed by atoms with Crippen LogP contribution in [-0.4, -0.2) is 24.3 Å². The number of hydrogen-bond acceptors (Lipinski definition) is 5. The van der Waals surface area contributed by atoms with Crippen molar-refractivity contribution in [2.24, 2.45) is 11.8 Å². The summed E-state index contributed by atoms with van der Waals surface area (Å²) in [4.78, 5) is 12.9. The van der Waals surface area contributed by atoms with E-state index in [1.165, 1.54) is 11.3 Å². The van der Waals surface area contributed by atoms with Gasteiger partial charge in [0.2, 0.25) is 0 Å². The van der Waals surface area contributed by atoms with Crippen LogP contribution < -0.4 is 9.47 Å². The van der Waals surface area contributed by atoms with Crippen molar-refractivity contribution in [2.75, 3.05) is 13.2 Å². The van der Waals surface area contributed by atoms with E-state index in [0.717, 1.165) is 38.8 Å². The summed E-state index contributed by atoms with van der Waals surface area (Å²) in [6, 6.07) is 18.1. The lowest BCUT2D eigenvalue weighted by Gasteiger charge is -2.29. The highest BCUT2D eigenvalue weighted by Crippen LogP contribution is 2.38. The van der Waals surface area contributed by atoms with Gasteiger partial charge < -0.3 is 19.3 Å². The zero-order valence-electron chi connectivity index (χ0n) is 20.3. The summed E-state index contributed by atoms with van der Waals surface area (Å²) < 4.78 is 18.3. The molecule has 0 amide bonds. The number of carbonyl (C=O) groups is 1. The van der Waals surface area contributed by atoms with Gasteiger partial charge in [-0.05, 0) is 47.2 Å². The maximum atomic E-state index is 11.9. The fraction of sp³-hybridized carbons (Fsp3) is 0.345. The molecule has 2 aliphatic heterocycles. The quantitative estimate of drug-likeness (QED) is 0.370. The molecule has 0 radical (unpaired) electrons. The molecule has 5 nitrogen and oxygen atoms in total. The first kappa shape index (κ1) is 24.9. The number of thiophene rings is 1. The topological polar surface area (TPSA) is 65.0 Å². The van der Waals surface area contributed by atoms with Crippen LogP contribution in [0.5, 0.6) is 11.5 Å². The van der Waals surface area contributed by atoms with Crippen molar-refractivity contribution >= 4 is 28.9 Å². The predicted molar refractivity (Wildman–Crippen MR) is 141 cm³/mol. The molecule has 36 heavy (non-hydrogen) atoms. The highest BCUT2D eigenvalue weighted by Gasteiger charge is 2.31. The molecule has 3 heterocycles. The van der Waals surface area contributed by atoms with Crippen LogP contribution in [0.25, 0.3) is 0 Å². The number of carboxylic acid groups (broad SMARTS) is 1. The second-order valence-electron chi connectivity index (χ2n) is 9.82. The number of hydrogen-bond donors (Lipinski definition) is 1. The molecule has 4 bridgehead atoms. The summed E-state index contributed by atoms with van der Waals surface area (Å²) in [5.74, 6) is 0.460. The Morgan fingerprint density at radius 3 is 2.61 bits per heavy atom. The zero-order valence-corrected chi connectivity index (χ0v) is 21.9. The molecule has 1 N–H and O–H groups in total. The first-order valence-corrected chi connectivity index (χ1v) is 13.3. The number of rotatable bonds is 1. The first-order chi connectivity index (χ1) is 17.3. The van der Waals surface area contributed by atoms with Gasteiger partial charge in [-0.3, -0.25) is 0 Å². The highest BCUT2D eigenvalue weighted by atomic mass is 35.5. The van der Waals surface area contributed by atoms with E-state index >= 15 is 0 Å². The van der Waals surface area contributed by atoms with Crippen LogP contribution in [0.2, 0.25) is 0 Å². The average Bonchev–Trinajstić information content (AvgIpc) is 3.44. The largest absolute Gasteiger partial charge is 0.493 e. The van der Waals surface area contributed by atoms with Crippen LogP contribution in [0.15, 0.2) is 65.7 Å². The Kier molecular flexibility index (Phi) is 7.11. The van der Waals surface area contributed by atoms with E-state index in [-0.39, 0.29) is 28.7 Å². The van der Waals surface area contributed by atoms with Crippen molar-refractivity contribution in [1.29, 1.82) is 0 Å². The summed E-state index contributed by atoms with van der Waals surface area (Å²) in [6.45, 7) is 5.95. The van der Waals surface area contributed by atoms with E-state index in [0.29, 0.717) is 25.6 Å². The third-order valence-electron chi connectivity index (χ3n) is 7.14. The fourth-order valence-electron chi connectivity index (χ4n) is 4.99. The van der Waals surface area contributed by atoms with Gasteiger partial charge in [0.1, 0.15) is 18.1 Å². The van der Waals surface area contributed by atoms with Crippen LogP contribution in [0, 0.1) is 11.8 Å². The number of carboxylic acids is 1. The van der Waals surface area contributed by atoms with Gasteiger partial charge in [0.05, 0.1) is 19.8 Å². The number of benzene rings is 2. The Labute approximate surface area is 220 Å². The van der Waals surface area contributed by atoms with Crippen LogP contribution >= 0.6 is 22.9 Å². The Bertz CT molecular complexity index is 1280. The van der Waals surface area contributed by atoms with Crippen LogP contribution in [0.4, 0.5) is 0 Å². The molecular weight excluding hydrogens is 496 g/mol. The third-order valence-corrected chi connectivity index (χ3v) is 8.65. The summed E-state index contributed by atoms with van der Waals surface area (Å²) in [7, 11) is 0. The third kappa shape index (κ3) is 5.03. The van der Waals surface area contributed by atoms with Crippen molar-refractivity contribution in [3.8, 4) is 11.5 Å². The molecule has 1 aliphatic carbocycles. The summed E-state index contributed by atoms with van der Waals surface area (Å²) in [5.41, 5.74) is 2.98. The van der Waals surface area contributed by atoms with Gasteiger partial charge in [-0.15, -0.1) is 11.3 Å². The molecule has 6 rings (SSSR count). The Hall–Kier alpha value is -2.80. The lowest BCUT2D eigenvalue weighted by atomic mass is 9.76. The lowest BCUT2D eigenvalue weighted by Crippen LogP contribution is -2.23. The number of fused-ring (bicyclic) bond motifs is 6. The number of aromatic carboxylic acids is 1. The fourth-order valence-corrected chi connectivity index (χ4v) is 6.19. The van der Waals surface area contributed by atoms with Crippen LogP contribution in [0.1, 0.15) is 51.5 Å². The molecule has 7 heteroatoms. The maximum absolute atomic E-state index is 11.9. The molecule has 2 atom stereocenters. The van der Waals surface area contributed by atoms with Gasteiger partial charge in [0, 0.05) is 21.2 Å². The van der Waals surface area contributed by atoms with Gasteiger partial charge in [-0.1, -0.05) is 67.9 Å². The minimum absolute atomic E-state index is 0.0635. The monoisotopic (exact) mass is 524 g/mol. The van der Waals surface area contributed by atoms with E-state index < -0.39 is 5.97 Å². The molecular formula is C29H29ClO5S. The SMILES string of the molecule is CC1(C)c2ccc(cc2)OC[C@H]2C(Cl)=CC[C@@H]2COCc2cc(c(C(=O)O)s2)OCc2ccccc21. The Balaban J connectivity index is 1.51. The molecule has 1 aromatic heterocycles. The first-order valence-electron chi connectivity index (χ1n) is 12.1. The molecule has 3 aliphatic rings. The zero-order chi connectivity index (χ0) is 25.3. The second kappa shape index (κ2) is 10.3. The molecule has 3 aromatic rings. The maximum Gasteiger partial charge on any atom is 0.349 e. The van der Waals surface area contributed by atoms with Crippen LogP contribution in [-0.2, 0) is 23.4 Å². The van der Waals surface area contributed by atoms with Gasteiger partial charge in [-0.2, -0.15) is 0 Å². The summed E-state index contributed by atoms with van der Waals surface area (Å²) >= 11 is 7.71. The smallest absolute Gasteiger partial charge is 0.349 e. The van der Waals surface area contributed by atoms with Crippen molar-refractivity contribution in [1.82, 2.24) is 0 Å². The second-order valence-corrected chi connectivity index (χ2v) is 11.4. The molecule has 188 valence electrons. The summed E-state index contributed by atoms with van der Waals surface area (Å²) in [6.07, 6.45) is 2.87. The Morgan fingerprint density at radius 1 is 1.06 bits per heavy atom. The molecule has 2 aromatic carbocycles. The van der Waals surface area contributed by atoms with Crippen molar-refractivity contribution in [2.45, 2.75) is 38.9 Å². The van der Waals surface area contributed by atoms with Crippen molar-refractivity contribution in [3.63, 3.8) is 0 Å². The van der Waals surface area contributed by atoms with Gasteiger partial charge in [-0.25, -0.2) is 4.79 Å². The van der Waals surface area contributed by atoms with E-state index in [1.54, 1.807) is 6.07 Å². The highest BCUT2D eigenvalue weighted by molar-refractivity contribution is 7.14. The number of halogens is 1. The van der Waals surface area contributed by atoms with E-state index in [4.69, 9.17) is 25.8 Å². The molecule has 0 unspecified atom stereocenters. The lowest BCUT2D eigenvalue weighted by molar-refractivity contribution is 0.0694. The summed E-state index contributed by atoms with van der Waals surface area (Å²) in [5, 5.41) is 10.6. The van der Waals surface area contributed by atoms with Gasteiger partial charge in [0.25, 0.3) is 0 Å². The minimum Gasteiger partial charge on any atom is -0.493 e. The Morgan fingerprint density at radius 2 is 1.83 bits per heavy atom. The average molecular weight is 525 g/mol. The van der Waals surface area contributed by atoms with Crippen molar-refractivity contribution < 1.29 is 24.1 Å². The molecule has 0 saturated heterocycles. The molecule has 0 spiro atoms. The standard InChI is InChI=1S/C29H29ClO5S/c1-29(2)20-8-10-21(11-9-20)34-17-23-18(7-12-25(23)30)14-33-16-22-13-26(27(36-22)28(31)32)35-15-19-5-3-4-6-24(19)29/h3-6,8-13,18,23H,7,14-17H2,1-2H3,(H,31,32)/t18-,23-/m1/s1. The normalized spacial score (nSPS) is 21.6. The van der Waals surface area contributed by atoms with E-state index in [9.17, 15) is 9.90 Å².